The number of esters is 2. The van der Waals surface area contributed by atoms with Gasteiger partial charge in [-0.2, -0.15) is 0 Å². The summed E-state index contributed by atoms with van der Waals surface area (Å²) in [5, 5.41) is 0. The molecule has 12 nitrogen and oxygen atoms in total. The summed E-state index contributed by atoms with van der Waals surface area (Å²) in [5.74, 6) is -2.83. The summed E-state index contributed by atoms with van der Waals surface area (Å²) < 4.78 is 10.4. The average Bonchev–Trinajstić information content (AvgIpc) is 2.81. The zero-order chi connectivity index (χ0) is 28.4. The van der Waals surface area contributed by atoms with Gasteiger partial charge in [0.15, 0.2) is 13.5 Å². The van der Waals surface area contributed by atoms with Crippen LogP contribution in [0.25, 0.3) is 0 Å². The second-order valence-corrected chi connectivity index (χ2v) is 12.3. The first-order chi connectivity index (χ1) is 17.6. The van der Waals surface area contributed by atoms with Crippen molar-refractivity contribution in [2.24, 2.45) is 10.8 Å². The Morgan fingerprint density at radius 3 is 1.18 bits per heavy atom. The summed E-state index contributed by atoms with van der Waals surface area (Å²) in [6.45, 7) is 9.20. The summed E-state index contributed by atoms with van der Waals surface area (Å²) in [5.41, 5.74) is -1.51. The lowest BCUT2D eigenvalue weighted by atomic mass is 9.87. The predicted octanol–water partition coefficient (Wildman–Crippen LogP) is 0.733. The number of carbonyl (C=O) groups is 6. The van der Waals surface area contributed by atoms with E-state index in [4.69, 9.17) is 9.47 Å². The fourth-order valence-electron chi connectivity index (χ4n) is 4.81. The lowest BCUT2D eigenvalue weighted by Gasteiger charge is -2.47. The van der Waals surface area contributed by atoms with Crippen molar-refractivity contribution in [3.63, 3.8) is 0 Å². The second-order valence-electron chi connectivity index (χ2n) is 12.3. The van der Waals surface area contributed by atoms with Crippen molar-refractivity contribution >= 4 is 35.6 Å². The molecule has 2 atom stereocenters. The van der Waals surface area contributed by atoms with E-state index in [9.17, 15) is 28.8 Å². The van der Waals surface area contributed by atoms with Gasteiger partial charge in [-0.05, 0) is 54.4 Å². The molecule has 2 heterocycles. The van der Waals surface area contributed by atoms with Gasteiger partial charge in [-0.3, -0.25) is 38.6 Å². The van der Waals surface area contributed by atoms with Crippen LogP contribution in [0.4, 0.5) is 0 Å². The lowest BCUT2D eigenvalue weighted by Crippen LogP contribution is -2.65. The second kappa shape index (κ2) is 11.5. The maximum Gasteiger partial charge on any atom is 0.312 e. The zero-order valence-electron chi connectivity index (χ0n) is 23.3. The largest absolute Gasteiger partial charge is 0.443 e. The van der Waals surface area contributed by atoms with Gasteiger partial charge in [0.2, 0.25) is 23.6 Å². The Labute approximate surface area is 223 Å². The normalized spacial score (nSPS) is 24.6. The van der Waals surface area contributed by atoms with E-state index in [1.807, 2.05) is 9.80 Å². The van der Waals surface area contributed by atoms with Gasteiger partial charge in [0.1, 0.15) is 0 Å². The average molecular weight is 537 g/mol. The van der Waals surface area contributed by atoms with Crippen LogP contribution in [-0.2, 0) is 38.2 Å². The molecule has 3 rings (SSSR count). The molecule has 3 fully saturated rings. The highest BCUT2D eigenvalue weighted by molar-refractivity contribution is 6.00. The number of nitrogens with zero attached hydrogens (tertiary/aromatic N) is 4. The fourth-order valence-corrected chi connectivity index (χ4v) is 4.81. The van der Waals surface area contributed by atoms with Crippen LogP contribution in [0.5, 0.6) is 0 Å². The van der Waals surface area contributed by atoms with Gasteiger partial charge in [-0.15, -0.1) is 0 Å². The van der Waals surface area contributed by atoms with Gasteiger partial charge in [-0.1, -0.05) is 12.8 Å². The third-order valence-corrected chi connectivity index (χ3v) is 7.06. The molecule has 1 saturated carbocycles. The van der Waals surface area contributed by atoms with Crippen LogP contribution in [0.2, 0.25) is 0 Å². The standard InChI is InChI=1S/C26H40N4O8/c1-25(2,3)23(35)37-15-29-19(31)11-27(12-20(29)32)17-9-7-8-10-18(17)28-13-21(33)30(22(34)14-28)16-38-24(36)26(4,5)6/h17-18H,7-16H2,1-6H3. The Balaban J connectivity index is 1.62. The maximum atomic E-state index is 12.8. The first-order valence-electron chi connectivity index (χ1n) is 13.1. The van der Waals surface area contributed by atoms with Crippen LogP contribution < -0.4 is 0 Å². The molecule has 0 bridgehead atoms. The Morgan fingerprint density at radius 1 is 0.632 bits per heavy atom. The van der Waals surface area contributed by atoms with E-state index in [0.29, 0.717) is 0 Å². The molecule has 2 saturated heterocycles. The van der Waals surface area contributed by atoms with Crippen LogP contribution in [0, 0.1) is 10.8 Å². The van der Waals surface area contributed by atoms with E-state index in [-0.39, 0.29) is 38.3 Å². The van der Waals surface area contributed by atoms with Crippen molar-refractivity contribution in [2.75, 3.05) is 39.6 Å². The first-order valence-corrected chi connectivity index (χ1v) is 13.1. The number of piperazine rings is 2. The number of rotatable bonds is 6. The van der Waals surface area contributed by atoms with Crippen molar-refractivity contribution in [1.82, 2.24) is 19.6 Å². The van der Waals surface area contributed by atoms with Gasteiger partial charge in [0.05, 0.1) is 37.0 Å². The van der Waals surface area contributed by atoms with Crippen molar-refractivity contribution in [1.29, 1.82) is 0 Å². The number of amides is 4. The Kier molecular flexibility index (Phi) is 8.97. The summed E-state index contributed by atoms with van der Waals surface area (Å²) in [6, 6.07) is -0.386. The van der Waals surface area contributed by atoms with Crippen LogP contribution in [0.3, 0.4) is 0 Å². The lowest BCUT2D eigenvalue weighted by molar-refractivity contribution is -0.173. The van der Waals surface area contributed by atoms with Gasteiger partial charge in [0, 0.05) is 12.1 Å². The number of imide groups is 2. The summed E-state index contributed by atoms with van der Waals surface area (Å²) in [6.07, 6.45) is 3.24. The van der Waals surface area contributed by atoms with Crippen molar-refractivity contribution < 1.29 is 38.2 Å². The molecule has 12 heteroatoms. The highest BCUT2D eigenvalue weighted by Crippen LogP contribution is 2.30. The smallest absolute Gasteiger partial charge is 0.312 e. The van der Waals surface area contributed by atoms with Gasteiger partial charge in [-0.25, -0.2) is 9.80 Å². The third kappa shape index (κ3) is 6.96. The third-order valence-electron chi connectivity index (χ3n) is 7.06. The first kappa shape index (κ1) is 29.7. The molecule has 1 aliphatic carbocycles. The maximum absolute atomic E-state index is 12.8. The van der Waals surface area contributed by atoms with Crippen LogP contribution in [0.15, 0.2) is 0 Å². The SMILES string of the molecule is CC(C)(C)C(=O)OCN1C(=O)CN(C2CCCCC2N2CC(=O)N(COC(=O)C(C)(C)C)C(=O)C2)CC1=O. The van der Waals surface area contributed by atoms with E-state index in [2.05, 4.69) is 0 Å². The Morgan fingerprint density at radius 2 is 0.921 bits per heavy atom. The molecule has 0 aromatic carbocycles. The number of carbonyl (C=O) groups excluding carboxylic acids is 6. The molecule has 0 aromatic rings. The van der Waals surface area contributed by atoms with E-state index in [1.165, 1.54) is 0 Å². The molecule has 4 amide bonds. The molecule has 2 unspecified atom stereocenters. The molecule has 0 aromatic heterocycles. The fraction of sp³-hybridized carbons (Fsp3) is 0.769. The highest BCUT2D eigenvalue weighted by atomic mass is 16.6. The highest BCUT2D eigenvalue weighted by Gasteiger charge is 2.44. The molecule has 3 aliphatic rings. The topological polar surface area (TPSA) is 134 Å². The van der Waals surface area contributed by atoms with E-state index in [0.717, 1.165) is 35.5 Å². The van der Waals surface area contributed by atoms with Crippen molar-refractivity contribution in [2.45, 2.75) is 79.3 Å². The summed E-state index contributed by atoms with van der Waals surface area (Å²) in [4.78, 5) is 81.1. The summed E-state index contributed by atoms with van der Waals surface area (Å²) in [7, 11) is 0. The van der Waals surface area contributed by atoms with Crippen molar-refractivity contribution in [3.05, 3.63) is 0 Å². The van der Waals surface area contributed by atoms with E-state index >= 15 is 0 Å². The minimum absolute atomic E-state index is 0.0232. The predicted molar refractivity (Wildman–Crippen MR) is 134 cm³/mol. The molecule has 212 valence electrons. The van der Waals surface area contributed by atoms with Crippen LogP contribution in [0.1, 0.15) is 67.2 Å². The Hall–Kier alpha value is -2.86. The Bertz CT molecular complexity index is 869. The molecular weight excluding hydrogens is 496 g/mol. The number of ether oxygens (including phenoxy) is 2. The quantitative estimate of drug-likeness (QED) is 0.353. The minimum atomic E-state index is -0.754. The molecule has 0 spiro atoms. The number of hydrogen-bond donors (Lipinski definition) is 0. The van der Waals surface area contributed by atoms with Gasteiger partial charge in [0.25, 0.3) is 0 Å². The number of hydrogen-bond acceptors (Lipinski definition) is 10. The van der Waals surface area contributed by atoms with Crippen LogP contribution in [-0.4, -0.2) is 107 Å². The minimum Gasteiger partial charge on any atom is -0.443 e. The molecule has 38 heavy (non-hydrogen) atoms. The van der Waals surface area contributed by atoms with Crippen LogP contribution >= 0.6 is 0 Å². The molecule has 2 aliphatic heterocycles. The summed E-state index contributed by atoms with van der Waals surface area (Å²) >= 11 is 0. The monoisotopic (exact) mass is 536 g/mol. The van der Waals surface area contributed by atoms with Gasteiger partial charge >= 0.3 is 11.9 Å². The van der Waals surface area contributed by atoms with Crippen molar-refractivity contribution in [3.8, 4) is 0 Å². The van der Waals surface area contributed by atoms with E-state index in [1.54, 1.807) is 41.5 Å². The zero-order valence-corrected chi connectivity index (χ0v) is 23.3. The molecule has 0 N–H and O–H groups in total. The molecular formula is C26H40N4O8. The van der Waals surface area contributed by atoms with E-state index < -0.39 is 59.9 Å². The van der Waals surface area contributed by atoms with Gasteiger partial charge < -0.3 is 9.47 Å². The molecule has 0 radical (unpaired) electrons.